The number of rotatable bonds is 4. The van der Waals surface area contributed by atoms with E-state index < -0.39 is 0 Å². The lowest BCUT2D eigenvalue weighted by atomic mass is 10.0. The van der Waals surface area contributed by atoms with Gasteiger partial charge in [-0.2, -0.15) is 0 Å². The van der Waals surface area contributed by atoms with Crippen LogP contribution in [0.3, 0.4) is 0 Å². The van der Waals surface area contributed by atoms with Crippen LogP contribution in [0.5, 0.6) is 0 Å². The molecule has 0 spiro atoms. The van der Waals surface area contributed by atoms with Crippen molar-refractivity contribution in [2.24, 2.45) is 11.7 Å². The Balaban J connectivity index is 1.98. The molecule has 4 nitrogen and oxygen atoms in total. The van der Waals surface area contributed by atoms with Gasteiger partial charge < -0.3 is 10.6 Å². The van der Waals surface area contributed by atoms with Gasteiger partial charge in [0.2, 0.25) is 5.91 Å². The molecule has 4 heteroatoms. The molecule has 1 unspecified atom stereocenters. The van der Waals surface area contributed by atoms with E-state index in [4.69, 9.17) is 5.73 Å². The highest BCUT2D eigenvalue weighted by Gasteiger charge is 2.24. The highest BCUT2D eigenvalue weighted by molar-refractivity contribution is 5.78. The molecule has 2 heterocycles. The Labute approximate surface area is 108 Å². The molecular formula is C14H21N3O. The molecule has 18 heavy (non-hydrogen) atoms. The minimum atomic E-state index is 0.0757. The van der Waals surface area contributed by atoms with Crippen molar-refractivity contribution in [1.82, 2.24) is 9.88 Å². The fourth-order valence-corrected chi connectivity index (χ4v) is 2.41. The second-order valence-corrected chi connectivity index (χ2v) is 4.95. The van der Waals surface area contributed by atoms with E-state index in [9.17, 15) is 4.79 Å². The van der Waals surface area contributed by atoms with Gasteiger partial charge in [0.25, 0.3) is 0 Å². The molecule has 1 aromatic heterocycles. The number of carbonyl (C=O) groups excluding carboxylic acids is 1. The highest BCUT2D eigenvalue weighted by Crippen LogP contribution is 2.19. The van der Waals surface area contributed by atoms with E-state index in [1.807, 2.05) is 24.1 Å². The van der Waals surface area contributed by atoms with Crippen molar-refractivity contribution in [2.75, 3.05) is 13.1 Å². The summed E-state index contributed by atoms with van der Waals surface area (Å²) >= 11 is 0. The normalized spacial score (nSPS) is 16.2. The number of nitrogens with zero attached hydrogens (tertiary/aromatic N) is 2. The molecular weight excluding hydrogens is 226 g/mol. The Morgan fingerprint density at radius 1 is 1.61 bits per heavy atom. The maximum absolute atomic E-state index is 12.3. The van der Waals surface area contributed by atoms with E-state index in [-0.39, 0.29) is 11.8 Å². The molecule has 98 valence electrons. The first-order chi connectivity index (χ1) is 8.72. The van der Waals surface area contributed by atoms with E-state index in [0.29, 0.717) is 13.1 Å². The molecule has 0 bridgehead atoms. The first-order valence-electron chi connectivity index (χ1n) is 6.64. The third kappa shape index (κ3) is 2.88. The van der Waals surface area contributed by atoms with E-state index in [2.05, 4.69) is 11.1 Å². The fourth-order valence-electron chi connectivity index (χ4n) is 2.41. The summed E-state index contributed by atoms with van der Waals surface area (Å²) < 4.78 is 0. The standard InChI is InChI=1S/C14H21N3O/c1-11(4-2-7-15)14(18)17-9-6-13-12(10-17)5-3-8-16-13/h3,5,8,11H,2,4,6-7,9-10,15H2,1H3. The van der Waals surface area contributed by atoms with Crippen LogP contribution in [-0.2, 0) is 17.8 Å². The Morgan fingerprint density at radius 2 is 2.44 bits per heavy atom. The van der Waals surface area contributed by atoms with Crippen LogP contribution < -0.4 is 5.73 Å². The average Bonchev–Trinajstić information content (AvgIpc) is 2.43. The summed E-state index contributed by atoms with van der Waals surface area (Å²) in [5.74, 6) is 0.324. The molecule has 0 fully saturated rings. The summed E-state index contributed by atoms with van der Waals surface area (Å²) in [7, 11) is 0. The molecule has 0 radical (unpaired) electrons. The van der Waals surface area contributed by atoms with Crippen LogP contribution in [0.4, 0.5) is 0 Å². The Morgan fingerprint density at radius 3 is 3.22 bits per heavy atom. The molecule has 2 rings (SSSR count). The van der Waals surface area contributed by atoms with Gasteiger partial charge in [-0.3, -0.25) is 9.78 Å². The first kappa shape index (κ1) is 13.0. The molecule has 1 aliphatic heterocycles. The van der Waals surface area contributed by atoms with Crippen LogP contribution in [0, 0.1) is 5.92 Å². The van der Waals surface area contributed by atoms with Crippen LogP contribution in [0.15, 0.2) is 18.3 Å². The molecule has 0 saturated carbocycles. The van der Waals surface area contributed by atoms with Gasteiger partial charge in [0.1, 0.15) is 0 Å². The minimum Gasteiger partial charge on any atom is -0.338 e. The number of hydrogen-bond acceptors (Lipinski definition) is 3. The van der Waals surface area contributed by atoms with Gasteiger partial charge in [-0.25, -0.2) is 0 Å². The van der Waals surface area contributed by atoms with Crippen molar-refractivity contribution < 1.29 is 4.79 Å². The minimum absolute atomic E-state index is 0.0757. The van der Waals surface area contributed by atoms with Crippen molar-refractivity contribution in [1.29, 1.82) is 0 Å². The zero-order valence-corrected chi connectivity index (χ0v) is 10.9. The summed E-state index contributed by atoms with van der Waals surface area (Å²) in [6, 6.07) is 4.00. The van der Waals surface area contributed by atoms with Crippen molar-refractivity contribution in [3.63, 3.8) is 0 Å². The molecule has 0 aromatic carbocycles. The lowest BCUT2D eigenvalue weighted by Gasteiger charge is -2.30. The van der Waals surface area contributed by atoms with Crippen LogP contribution in [0.25, 0.3) is 0 Å². The second kappa shape index (κ2) is 5.96. The summed E-state index contributed by atoms with van der Waals surface area (Å²) in [4.78, 5) is 18.6. The fraction of sp³-hybridized carbons (Fsp3) is 0.571. The summed E-state index contributed by atoms with van der Waals surface area (Å²) in [6.07, 6.45) is 4.48. The first-order valence-corrected chi connectivity index (χ1v) is 6.64. The van der Waals surface area contributed by atoms with Crippen molar-refractivity contribution in [2.45, 2.75) is 32.7 Å². The summed E-state index contributed by atoms with van der Waals surface area (Å²) in [6.45, 7) is 4.14. The van der Waals surface area contributed by atoms with Crippen molar-refractivity contribution >= 4 is 5.91 Å². The SMILES string of the molecule is CC(CCCN)C(=O)N1CCc2ncccc2C1. The van der Waals surface area contributed by atoms with E-state index >= 15 is 0 Å². The lowest BCUT2D eigenvalue weighted by molar-refractivity contribution is -0.136. The number of hydrogen-bond donors (Lipinski definition) is 1. The maximum atomic E-state index is 12.3. The van der Waals surface area contributed by atoms with Crippen LogP contribution in [-0.4, -0.2) is 28.9 Å². The number of aromatic nitrogens is 1. The van der Waals surface area contributed by atoms with Crippen LogP contribution >= 0.6 is 0 Å². The van der Waals surface area contributed by atoms with E-state index in [1.54, 1.807) is 0 Å². The summed E-state index contributed by atoms with van der Waals surface area (Å²) in [5, 5.41) is 0. The van der Waals surface area contributed by atoms with E-state index in [0.717, 1.165) is 31.5 Å². The predicted molar refractivity (Wildman–Crippen MR) is 70.8 cm³/mol. The van der Waals surface area contributed by atoms with Crippen molar-refractivity contribution in [3.8, 4) is 0 Å². The topological polar surface area (TPSA) is 59.2 Å². The van der Waals surface area contributed by atoms with Crippen LogP contribution in [0.2, 0.25) is 0 Å². The average molecular weight is 247 g/mol. The quantitative estimate of drug-likeness (QED) is 0.873. The third-order valence-corrected chi connectivity index (χ3v) is 3.54. The third-order valence-electron chi connectivity index (χ3n) is 3.54. The van der Waals surface area contributed by atoms with Gasteiger partial charge in [0.05, 0.1) is 0 Å². The monoisotopic (exact) mass is 247 g/mol. The molecule has 0 saturated heterocycles. The van der Waals surface area contributed by atoms with Gasteiger partial charge in [-0.05, 0) is 31.0 Å². The lowest BCUT2D eigenvalue weighted by Crippen LogP contribution is -2.39. The Kier molecular flexibility index (Phi) is 4.31. The summed E-state index contributed by atoms with van der Waals surface area (Å²) in [5.41, 5.74) is 7.80. The number of amides is 1. The predicted octanol–water partition coefficient (Wildman–Crippen LogP) is 1.34. The molecule has 1 aliphatic rings. The zero-order chi connectivity index (χ0) is 13.0. The van der Waals surface area contributed by atoms with Gasteiger partial charge in [-0.1, -0.05) is 13.0 Å². The molecule has 2 N–H and O–H groups in total. The molecule has 0 aliphatic carbocycles. The smallest absolute Gasteiger partial charge is 0.225 e. The van der Waals surface area contributed by atoms with Gasteiger partial charge in [-0.15, -0.1) is 0 Å². The zero-order valence-electron chi connectivity index (χ0n) is 10.9. The van der Waals surface area contributed by atoms with E-state index in [1.165, 1.54) is 5.56 Å². The Hall–Kier alpha value is -1.42. The number of fused-ring (bicyclic) bond motifs is 1. The number of pyridine rings is 1. The molecule has 1 aromatic rings. The Bertz CT molecular complexity index is 419. The van der Waals surface area contributed by atoms with Gasteiger partial charge >= 0.3 is 0 Å². The van der Waals surface area contributed by atoms with Crippen LogP contribution in [0.1, 0.15) is 31.0 Å². The second-order valence-electron chi connectivity index (χ2n) is 4.95. The molecule has 1 atom stereocenters. The van der Waals surface area contributed by atoms with Crippen molar-refractivity contribution in [3.05, 3.63) is 29.6 Å². The molecule has 1 amide bonds. The largest absolute Gasteiger partial charge is 0.338 e. The number of carbonyl (C=O) groups is 1. The maximum Gasteiger partial charge on any atom is 0.225 e. The number of nitrogens with two attached hydrogens (primary N) is 1. The highest BCUT2D eigenvalue weighted by atomic mass is 16.2. The van der Waals surface area contributed by atoms with Gasteiger partial charge in [0, 0.05) is 37.3 Å². The van der Waals surface area contributed by atoms with Gasteiger partial charge in [0.15, 0.2) is 0 Å².